The molecule has 92 valence electrons. The number of hydrogen-bond acceptors (Lipinski definition) is 3. The van der Waals surface area contributed by atoms with E-state index in [-0.39, 0.29) is 0 Å². The van der Waals surface area contributed by atoms with Crippen LogP contribution in [0.3, 0.4) is 0 Å². The summed E-state index contributed by atoms with van der Waals surface area (Å²) in [5, 5.41) is 0. The number of amides is 1. The zero-order chi connectivity index (χ0) is 12.0. The number of piperazine rings is 1. The van der Waals surface area contributed by atoms with Crippen LogP contribution in [0.1, 0.15) is 19.8 Å². The largest absolute Gasteiger partial charge is 0.372 e. The van der Waals surface area contributed by atoms with E-state index in [0.717, 1.165) is 44.0 Å². The van der Waals surface area contributed by atoms with Gasteiger partial charge in [0, 0.05) is 38.3 Å². The smallest absolute Gasteiger partial charge is 0.222 e. The Labute approximate surface area is 103 Å². The van der Waals surface area contributed by atoms with E-state index in [1.54, 1.807) is 11.8 Å². The Hall–Kier alpha value is -0.640. The van der Waals surface area contributed by atoms with Crippen molar-refractivity contribution in [2.45, 2.75) is 19.8 Å². The van der Waals surface area contributed by atoms with Crippen LogP contribution in [0.25, 0.3) is 0 Å². The molecule has 1 amide bonds. The van der Waals surface area contributed by atoms with Crippen LogP contribution >= 0.6 is 11.8 Å². The molecule has 1 fully saturated rings. The highest BCUT2D eigenvalue weighted by atomic mass is 32.2. The van der Waals surface area contributed by atoms with Gasteiger partial charge in [-0.05, 0) is 25.4 Å². The number of rotatable bonds is 5. The summed E-state index contributed by atoms with van der Waals surface area (Å²) < 4.78 is 0. The highest BCUT2D eigenvalue weighted by Gasteiger charge is 2.19. The van der Waals surface area contributed by atoms with Gasteiger partial charge in [0.05, 0.1) is 0 Å². The van der Waals surface area contributed by atoms with Gasteiger partial charge in [0.2, 0.25) is 5.91 Å². The van der Waals surface area contributed by atoms with Gasteiger partial charge < -0.3 is 9.80 Å². The molecule has 0 saturated carbocycles. The lowest BCUT2D eigenvalue weighted by Gasteiger charge is -2.36. The first-order valence-electron chi connectivity index (χ1n) is 5.82. The van der Waals surface area contributed by atoms with Crippen molar-refractivity contribution < 1.29 is 4.79 Å². The molecule has 0 aromatic carbocycles. The first-order valence-corrected chi connectivity index (χ1v) is 7.21. The van der Waals surface area contributed by atoms with Crippen molar-refractivity contribution in [1.29, 1.82) is 0 Å². The standard InChI is InChI=1S/C12H22N2OS/c1-11(2)13-6-8-14(9-7-13)12(15)5-4-10-16-3/h1,4-10H2,2-3H3. The summed E-state index contributed by atoms with van der Waals surface area (Å²) in [5.74, 6) is 1.40. The van der Waals surface area contributed by atoms with Crippen molar-refractivity contribution in [2.75, 3.05) is 38.2 Å². The molecule has 1 rings (SSSR count). The van der Waals surface area contributed by atoms with Crippen LogP contribution in [0.2, 0.25) is 0 Å². The van der Waals surface area contributed by atoms with Crippen LogP contribution in [0.5, 0.6) is 0 Å². The summed E-state index contributed by atoms with van der Waals surface area (Å²) in [6.07, 6.45) is 3.78. The fourth-order valence-electron chi connectivity index (χ4n) is 1.86. The average Bonchev–Trinajstić information content (AvgIpc) is 2.29. The fraction of sp³-hybridized carbons (Fsp3) is 0.750. The predicted molar refractivity (Wildman–Crippen MR) is 70.6 cm³/mol. The number of hydrogen-bond donors (Lipinski definition) is 0. The van der Waals surface area contributed by atoms with Gasteiger partial charge in [0.15, 0.2) is 0 Å². The first kappa shape index (κ1) is 13.4. The molecule has 16 heavy (non-hydrogen) atoms. The minimum atomic E-state index is 0.315. The number of carbonyl (C=O) groups is 1. The van der Waals surface area contributed by atoms with Crippen molar-refractivity contribution in [3.63, 3.8) is 0 Å². The highest BCUT2D eigenvalue weighted by molar-refractivity contribution is 7.98. The second kappa shape index (κ2) is 6.84. The number of allylic oxidation sites excluding steroid dienone is 1. The van der Waals surface area contributed by atoms with E-state index in [0.29, 0.717) is 12.3 Å². The van der Waals surface area contributed by atoms with Gasteiger partial charge in [-0.25, -0.2) is 0 Å². The fourth-order valence-corrected chi connectivity index (χ4v) is 2.30. The third-order valence-electron chi connectivity index (χ3n) is 2.91. The van der Waals surface area contributed by atoms with Gasteiger partial charge in [-0.3, -0.25) is 4.79 Å². The van der Waals surface area contributed by atoms with Gasteiger partial charge in [0.1, 0.15) is 0 Å². The Morgan fingerprint density at radius 2 is 1.81 bits per heavy atom. The lowest BCUT2D eigenvalue weighted by molar-refractivity contribution is -0.132. The molecule has 1 aliphatic heterocycles. The Morgan fingerprint density at radius 1 is 1.25 bits per heavy atom. The third kappa shape index (κ3) is 4.08. The van der Waals surface area contributed by atoms with Crippen molar-refractivity contribution in [3.8, 4) is 0 Å². The second-order valence-corrected chi connectivity index (χ2v) is 5.19. The van der Waals surface area contributed by atoms with Crippen molar-refractivity contribution >= 4 is 17.7 Å². The molecule has 4 heteroatoms. The SMILES string of the molecule is C=C(C)N1CCN(C(=O)CCCSC)CC1. The van der Waals surface area contributed by atoms with Crippen LogP contribution in [0.15, 0.2) is 12.3 Å². The summed E-state index contributed by atoms with van der Waals surface area (Å²) in [5.41, 5.74) is 1.11. The summed E-state index contributed by atoms with van der Waals surface area (Å²) in [6.45, 7) is 9.53. The molecule has 1 aliphatic rings. The van der Waals surface area contributed by atoms with Gasteiger partial charge in [-0.15, -0.1) is 0 Å². The second-order valence-electron chi connectivity index (χ2n) is 4.20. The summed E-state index contributed by atoms with van der Waals surface area (Å²) in [6, 6.07) is 0. The zero-order valence-electron chi connectivity index (χ0n) is 10.4. The van der Waals surface area contributed by atoms with E-state index < -0.39 is 0 Å². The quantitative estimate of drug-likeness (QED) is 0.687. The maximum absolute atomic E-state index is 11.8. The summed E-state index contributed by atoms with van der Waals surface area (Å²) in [4.78, 5) is 16.1. The molecule has 0 radical (unpaired) electrons. The van der Waals surface area contributed by atoms with Gasteiger partial charge in [-0.1, -0.05) is 6.58 Å². The van der Waals surface area contributed by atoms with E-state index in [4.69, 9.17) is 0 Å². The Morgan fingerprint density at radius 3 is 2.31 bits per heavy atom. The molecule has 0 aliphatic carbocycles. The minimum Gasteiger partial charge on any atom is -0.372 e. The number of thioether (sulfide) groups is 1. The molecule has 0 spiro atoms. The van der Waals surface area contributed by atoms with E-state index in [1.165, 1.54) is 0 Å². The highest BCUT2D eigenvalue weighted by Crippen LogP contribution is 2.09. The van der Waals surface area contributed by atoms with Gasteiger partial charge in [-0.2, -0.15) is 11.8 Å². The molecule has 0 unspecified atom stereocenters. The van der Waals surface area contributed by atoms with Gasteiger partial charge in [0.25, 0.3) is 0 Å². The Bertz CT molecular complexity index is 247. The van der Waals surface area contributed by atoms with Crippen LogP contribution in [-0.2, 0) is 4.79 Å². The van der Waals surface area contributed by atoms with E-state index in [9.17, 15) is 4.79 Å². The maximum Gasteiger partial charge on any atom is 0.222 e. The normalized spacial score (nSPS) is 16.4. The van der Waals surface area contributed by atoms with Gasteiger partial charge >= 0.3 is 0 Å². The predicted octanol–water partition coefficient (Wildman–Crippen LogP) is 1.81. The van der Waals surface area contributed by atoms with Crippen molar-refractivity contribution in [1.82, 2.24) is 9.80 Å². The lowest BCUT2D eigenvalue weighted by atomic mass is 10.2. The average molecular weight is 242 g/mol. The topological polar surface area (TPSA) is 23.6 Å². The minimum absolute atomic E-state index is 0.315. The summed E-state index contributed by atoms with van der Waals surface area (Å²) >= 11 is 1.80. The monoisotopic (exact) mass is 242 g/mol. The van der Waals surface area contributed by atoms with Crippen molar-refractivity contribution in [2.24, 2.45) is 0 Å². The third-order valence-corrected chi connectivity index (χ3v) is 3.61. The van der Waals surface area contributed by atoms with Crippen LogP contribution in [0.4, 0.5) is 0 Å². The summed E-state index contributed by atoms with van der Waals surface area (Å²) in [7, 11) is 0. The molecule has 3 nitrogen and oxygen atoms in total. The van der Waals surface area contributed by atoms with Crippen LogP contribution in [-0.4, -0.2) is 53.9 Å². The number of nitrogens with zero attached hydrogens (tertiary/aromatic N) is 2. The molecule has 0 aromatic rings. The first-order chi connectivity index (χ1) is 7.65. The van der Waals surface area contributed by atoms with E-state index in [1.807, 2.05) is 11.8 Å². The van der Waals surface area contributed by atoms with E-state index >= 15 is 0 Å². The molecule has 1 heterocycles. The zero-order valence-corrected chi connectivity index (χ0v) is 11.2. The van der Waals surface area contributed by atoms with Crippen molar-refractivity contribution in [3.05, 3.63) is 12.3 Å². The Balaban J connectivity index is 2.25. The molecular weight excluding hydrogens is 220 g/mol. The molecule has 0 N–H and O–H groups in total. The van der Waals surface area contributed by atoms with Crippen LogP contribution in [0, 0.1) is 0 Å². The molecule has 0 bridgehead atoms. The number of carbonyl (C=O) groups excluding carboxylic acids is 1. The van der Waals surface area contributed by atoms with Crippen LogP contribution < -0.4 is 0 Å². The van der Waals surface area contributed by atoms with E-state index in [2.05, 4.69) is 17.7 Å². The lowest BCUT2D eigenvalue weighted by Crippen LogP contribution is -2.47. The molecule has 0 aromatic heterocycles. The molecule has 1 saturated heterocycles. The Kier molecular flexibility index (Phi) is 5.74. The maximum atomic E-state index is 11.8. The molecular formula is C12H22N2OS. The molecule has 0 atom stereocenters.